The summed E-state index contributed by atoms with van der Waals surface area (Å²) in [6, 6.07) is 7.81. The molecule has 2 atom stereocenters. The molecule has 6 heteroatoms. The fourth-order valence-corrected chi connectivity index (χ4v) is 4.59. The van der Waals surface area contributed by atoms with E-state index in [-0.39, 0.29) is 0 Å². The number of benzene rings is 1. The Hall–Kier alpha value is -0.950. The summed E-state index contributed by atoms with van der Waals surface area (Å²) < 4.78 is 31.8. The summed E-state index contributed by atoms with van der Waals surface area (Å²) in [6.07, 6.45) is 5.20. The number of fused-ring (bicyclic) bond motifs is 1. The second kappa shape index (κ2) is 6.89. The second-order valence-corrected chi connectivity index (χ2v) is 8.82. The molecule has 128 valence electrons. The van der Waals surface area contributed by atoms with Gasteiger partial charge < -0.3 is 4.74 Å². The van der Waals surface area contributed by atoms with Crippen LogP contribution in [0.2, 0.25) is 0 Å². The maximum absolute atomic E-state index is 12.3. The number of sulfonamides is 1. The Morgan fingerprint density at radius 2 is 2.04 bits per heavy atom. The summed E-state index contributed by atoms with van der Waals surface area (Å²) in [6.45, 7) is 2.49. The predicted molar refractivity (Wildman–Crippen MR) is 89.7 cm³/mol. The number of hydrogen-bond donors (Lipinski definition) is 0. The van der Waals surface area contributed by atoms with Gasteiger partial charge in [0.25, 0.3) is 0 Å². The first-order valence-electron chi connectivity index (χ1n) is 8.35. The molecule has 0 unspecified atom stereocenters. The van der Waals surface area contributed by atoms with Crippen LogP contribution in [0.15, 0.2) is 29.2 Å². The minimum atomic E-state index is -3.37. The number of hydrogen-bond acceptors (Lipinski definition) is 4. The van der Waals surface area contributed by atoms with Gasteiger partial charge in [-0.15, -0.1) is 0 Å². The highest BCUT2D eigenvalue weighted by molar-refractivity contribution is 7.89. The van der Waals surface area contributed by atoms with Gasteiger partial charge in [-0.3, -0.25) is 4.90 Å². The third kappa shape index (κ3) is 3.60. The Labute approximate surface area is 139 Å². The van der Waals surface area contributed by atoms with Crippen LogP contribution in [-0.4, -0.2) is 57.0 Å². The van der Waals surface area contributed by atoms with Crippen molar-refractivity contribution in [3.63, 3.8) is 0 Å². The normalized spacial score (nSPS) is 26.2. The maximum Gasteiger partial charge on any atom is 0.242 e. The van der Waals surface area contributed by atoms with E-state index in [0.29, 0.717) is 17.0 Å². The van der Waals surface area contributed by atoms with E-state index in [0.717, 1.165) is 31.7 Å². The van der Waals surface area contributed by atoms with Crippen LogP contribution < -0.4 is 0 Å². The smallest absolute Gasteiger partial charge is 0.242 e. The molecule has 0 aromatic heterocycles. The van der Waals surface area contributed by atoms with Gasteiger partial charge in [-0.05, 0) is 30.5 Å². The van der Waals surface area contributed by atoms with Gasteiger partial charge in [-0.1, -0.05) is 25.0 Å². The van der Waals surface area contributed by atoms with Crippen LogP contribution in [-0.2, 0) is 21.3 Å². The van der Waals surface area contributed by atoms with Gasteiger partial charge in [-0.2, -0.15) is 0 Å². The summed E-state index contributed by atoms with van der Waals surface area (Å²) in [5.41, 5.74) is 1.05. The van der Waals surface area contributed by atoms with E-state index in [1.165, 1.54) is 23.6 Å². The average Bonchev–Trinajstić information content (AvgIpc) is 2.55. The maximum atomic E-state index is 12.3. The van der Waals surface area contributed by atoms with Crippen molar-refractivity contribution in [1.29, 1.82) is 0 Å². The van der Waals surface area contributed by atoms with Gasteiger partial charge in [0.1, 0.15) is 0 Å². The fourth-order valence-electron chi connectivity index (χ4n) is 3.62. The van der Waals surface area contributed by atoms with Crippen LogP contribution in [0.3, 0.4) is 0 Å². The van der Waals surface area contributed by atoms with Crippen LogP contribution in [0.4, 0.5) is 0 Å². The SMILES string of the molecule is CN(C)S(=O)(=O)c1cccc(CN2CCO[C@@H]3CCCC[C@H]32)c1. The van der Waals surface area contributed by atoms with Gasteiger partial charge in [0, 0.05) is 33.2 Å². The zero-order chi connectivity index (χ0) is 16.4. The molecular formula is C17H26N2O3S. The van der Waals surface area contributed by atoms with Crippen molar-refractivity contribution in [2.75, 3.05) is 27.2 Å². The number of nitrogens with zero attached hydrogens (tertiary/aromatic N) is 2. The first-order chi connectivity index (χ1) is 11.0. The lowest BCUT2D eigenvalue weighted by Gasteiger charge is -2.43. The van der Waals surface area contributed by atoms with Crippen LogP contribution in [0.25, 0.3) is 0 Å². The molecular weight excluding hydrogens is 312 g/mol. The summed E-state index contributed by atoms with van der Waals surface area (Å²) in [5.74, 6) is 0. The molecule has 2 aliphatic rings. The summed E-state index contributed by atoms with van der Waals surface area (Å²) in [4.78, 5) is 2.84. The molecule has 0 spiro atoms. The number of ether oxygens (including phenoxy) is 1. The molecule has 1 heterocycles. The van der Waals surface area contributed by atoms with E-state index in [9.17, 15) is 8.42 Å². The summed E-state index contributed by atoms with van der Waals surface area (Å²) in [5, 5.41) is 0. The molecule has 1 aromatic rings. The van der Waals surface area contributed by atoms with E-state index >= 15 is 0 Å². The van der Waals surface area contributed by atoms with E-state index in [1.54, 1.807) is 20.2 Å². The number of morpholine rings is 1. The molecule has 0 radical (unpaired) electrons. The zero-order valence-corrected chi connectivity index (χ0v) is 14.8. The Morgan fingerprint density at radius 3 is 2.83 bits per heavy atom. The van der Waals surface area contributed by atoms with E-state index in [2.05, 4.69) is 4.90 Å². The molecule has 0 amide bonds. The van der Waals surface area contributed by atoms with Gasteiger partial charge in [-0.25, -0.2) is 12.7 Å². The van der Waals surface area contributed by atoms with Gasteiger partial charge >= 0.3 is 0 Å². The van der Waals surface area contributed by atoms with Crippen LogP contribution in [0, 0.1) is 0 Å². The predicted octanol–water partition coefficient (Wildman–Crippen LogP) is 2.08. The highest BCUT2D eigenvalue weighted by atomic mass is 32.2. The van der Waals surface area contributed by atoms with Crippen molar-refractivity contribution in [3.8, 4) is 0 Å². The Kier molecular flexibility index (Phi) is 5.06. The van der Waals surface area contributed by atoms with Crippen molar-refractivity contribution in [2.45, 2.75) is 49.3 Å². The lowest BCUT2D eigenvalue weighted by atomic mass is 9.90. The summed E-state index contributed by atoms with van der Waals surface area (Å²) >= 11 is 0. The highest BCUT2D eigenvalue weighted by Crippen LogP contribution is 2.29. The molecule has 23 heavy (non-hydrogen) atoms. The van der Waals surface area contributed by atoms with E-state index in [1.807, 2.05) is 18.2 Å². The molecule has 0 N–H and O–H groups in total. The Bertz CT molecular complexity index is 643. The van der Waals surface area contributed by atoms with Crippen LogP contribution in [0.5, 0.6) is 0 Å². The molecule has 0 bridgehead atoms. The van der Waals surface area contributed by atoms with Gasteiger partial charge in [0.15, 0.2) is 0 Å². The molecule has 1 saturated carbocycles. The van der Waals surface area contributed by atoms with Crippen molar-refractivity contribution < 1.29 is 13.2 Å². The largest absolute Gasteiger partial charge is 0.375 e. The Morgan fingerprint density at radius 1 is 1.26 bits per heavy atom. The minimum absolute atomic E-state index is 0.353. The Balaban J connectivity index is 1.77. The third-order valence-electron chi connectivity index (χ3n) is 4.91. The highest BCUT2D eigenvalue weighted by Gasteiger charge is 2.34. The molecule has 1 aromatic carbocycles. The minimum Gasteiger partial charge on any atom is -0.375 e. The van der Waals surface area contributed by atoms with E-state index < -0.39 is 10.0 Å². The fraction of sp³-hybridized carbons (Fsp3) is 0.647. The molecule has 1 aliphatic carbocycles. The zero-order valence-electron chi connectivity index (χ0n) is 13.9. The van der Waals surface area contributed by atoms with Crippen LogP contribution >= 0.6 is 0 Å². The van der Waals surface area contributed by atoms with Crippen LogP contribution in [0.1, 0.15) is 31.2 Å². The van der Waals surface area contributed by atoms with Crippen molar-refractivity contribution in [1.82, 2.24) is 9.21 Å². The monoisotopic (exact) mass is 338 g/mol. The lowest BCUT2D eigenvalue weighted by Crippen LogP contribution is -2.52. The second-order valence-electron chi connectivity index (χ2n) is 6.67. The van der Waals surface area contributed by atoms with Crippen molar-refractivity contribution >= 4 is 10.0 Å². The third-order valence-corrected chi connectivity index (χ3v) is 6.72. The molecule has 5 nitrogen and oxygen atoms in total. The standard InChI is InChI=1S/C17H26N2O3S/c1-18(2)23(20,21)15-7-5-6-14(12-15)13-19-10-11-22-17-9-4-3-8-16(17)19/h5-7,12,16-17H,3-4,8-11,13H2,1-2H3/t16-,17-/m1/s1. The quantitative estimate of drug-likeness (QED) is 0.843. The van der Waals surface area contributed by atoms with E-state index in [4.69, 9.17) is 4.74 Å². The lowest BCUT2D eigenvalue weighted by molar-refractivity contribution is -0.0911. The number of rotatable bonds is 4. The molecule has 2 fully saturated rings. The van der Waals surface area contributed by atoms with Gasteiger partial charge in [0.05, 0.1) is 17.6 Å². The first-order valence-corrected chi connectivity index (χ1v) is 9.79. The molecule has 3 rings (SSSR count). The molecule has 1 aliphatic heterocycles. The van der Waals surface area contributed by atoms with Crippen molar-refractivity contribution in [3.05, 3.63) is 29.8 Å². The topological polar surface area (TPSA) is 49.9 Å². The van der Waals surface area contributed by atoms with Gasteiger partial charge in [0.2, 0.25) is 10.0 Å². The summed E-state index contributed by atoms with van der Waals surface area (Å²) in [7, 11) is -0.241. The first kappa shape index (κ1) is 16.9. The molecule has 1 saturated heterocycles. The van der Waals surface area contributed by atoms with Crippen molar-refractivity contribution in [2.24, 2.45) is 0 Å². The average molecular weight is 338 g/mol.